The van der Waals surface area contributed by atoms with Gasteiger partial charge in [-0.2, -0.15) is 0 Å². The van der Waals surface area contributed by atoms with Gasteiger partial charge in [-0.25, -0.2) is 0 Å². The lowest BCUT2D eigenvalue weighted by atomic mass is 9.43. The highest BCUT2D eigenvalue weighted by Gasteiger charge is 2.67. The largest absolute Gasteiger partial charge is 0.481 e. The van der Waals surface area contributed by atoms with E-state index in [9.17, 15) is 24.3 Å². The van der Waals surface area contributed by atoms with E-state index in [0.29, 0.717) is 32.3 Å². The molecule has 4 unspecified atom stereocenters. The Bertz CT molecular complexity index is 822. The number of fused-ring (bicyclic) bond motifs is 5. The molecule has 36 heavy (non-hydrogen) atoms. The molecule has 4 aliphatic carbocycles. The van der Waals surface area contributed by atoms with Crippen molar-refractivity contribution >= 4 is 37.8 Å². The molecule has 0 saturated heterocycles. The summed E-state index contributed by atoms with van der Waals surface area (Å²) in [7, 11) is 0. The van der Waals surface area contributed by atoms with E-state index in [-0.39, 0.29) is 83.5 Å². The number of hydrogen-bond donors (Lipinski definition) is 1. The Kier molecular flexibility index (Phi) is 9.00. The molecule has 0 aromatic carbocycles. The minimum atomic E-state index is -0.791. The third kappa shape index (κ3) is 4.74. The molecule has 11 atom stereocenters. The Morgan fingerprint density at radius 2 is 1.67 bits per heavy atom. The summed E-state index contributed by atoms with van der Waals surface area (Å²) < 4.78 is 17.0. The molecule has 1 N–H and O–H groups in total. The molecule has 4 fully saturated rings. The van der Waals surface area contributed by atoms with E-state index in [1.54, 1.807) is 0 Å². The number of rotatable bonds is 10. The molecular formula is C27H41ClO8. The second-order valence-electron chi connectivity index (χ2n) is 12.0. The highest BCUT2D eigenvalue weighted by molar-refractivity contribution is 5.85. The van der Waals surface area contributed by atoms with Crippen molar-refractivity contribution in [1.29, 1.82) is 0 Å². The van der Waals surface area contributed by atoms with Crippen LogP contribution in [0.1, 0.15) is 78.6 Å². The van der Waals surface area contributed by atoms with Crippen LogP contribution >= 0.6 is 12.4 Å². The fourth-order valence-corrected chi connectivity index (χ4v) is 9.30. The standard InChI is InChI=1S/C27H40O8.ClH/c1-16(4-7-24(31)32)19-5-6-20-25-21(12-23(35-15-30)27(19,20)3)26(2)9-8-18(33-13-28)10-17(26)11-22(25)34-14-29;/h13-23,25H,4-12H2,1-3H3,(H,31,32);1H/t16-,17?,18?,19-,20+,21+,22?,23?,25+,26+,27-;/m1./s1. The van der Waals surface area contributed by atoms with Crippen LogP contribution in [-0.4, -0.2) is 48.8 Å². The summed E-state index contributed by atoms with van der Waals surface area (Å²) in [5.41, 5.74) is -0.319. The van der Waals surface area contributed by atoms with Gasteiger partial charge in [-0.05, 0) is 86.4 Å². The zero-order valence-electron chi connectivity index (χ0n) is 21.5. The van der Waals surface area contributed by atoms with Gasteiger partial charge in [0.25, 0.3) is 19.4 Å². The molecule has 0 bridgehead atoms. The predicted molar refractivity (Wildman–Crippen MR) is 132 cm³/mol. The normalized spacial score (nSPS) is 43.9. The average molecular weight is 529 g/mol. The van der Waals surface area contributed by atoms with Gasteiger partial charge in [0.1, 0.15) is 18.3 Å². The Hall–Kier alpha value is -1.83. The Morgan fingerprint density at radius 1 is 0.972 bits per heavy atom. The van der Waals surface area contributed by atoms with Crippen LogP contribution in [0.2, 0.25) is 0 Å². The van der Waals surface area contributed by atoms with E-state index in [1.165, 1.54) is 0 Å². The van der Waals surface area contributed by atoms with Crippen molar-refractivity contribution in [2.24, 2.45) is 46.3 Å². The van der Waals surface area contributed by atoms with Gasteiger partial charge in [-0.1, -0.05) is 20.8 Å². The van der Waals surface area contributed by atoms with E-state index in [4.69, 9.17) is 14.2 Å². The van der Waals surface area contributed by atoms with E-state index in [0.717, 1.165) is 38.5 Å². The molecule has 204 valence electrons. The lowest BCUT2D eigenvalue weighted by molar-refractivity contribution is -0.218. The molecule has 0 amide bonds. The molecular weight excluding hydrogens is 488 g/mol. The summed E-state index contributed by atoms with van der Waals surface area (Å²) in [6.45, 7) is 8.34. The molecule has 0 heterocycles. The smallest absolute Gasteiger partial charge is 0.303 e. The summed E-state index contributed by atoms with van der Waals surface area (Å²) in [5.74, 6) is 0.481. The topological polar surface area (TPSA) is 116 Å². The maximum atomic E-state index is 11.7. The maximum Gasteiger partial charge on any atom is 0.303 e. The van der Waals surface area contributed by atoms with Crippen molar-refractivity contribution in [2.75, 3.05) is 0 Å². The first-order valence-corrected chi connectivity index (χ1v) is 13.2. The summed E-state index contributed by atoms with van der Waals surface area (Å²) >= 11 is 0. The van der Waals surface area contributed by atoms with Gasteiger partial charge in [0.15, 0.2) is 0 Å². The molecule has 4 rings (SSSR count). The first kappa shape index (κ1) is 28.7. The van der Waals surface area contributed by atoms with Crippen molar-refractivity contribution in [3.63, 3.8) is 0 Å². The Balaban J connectivity index is 0.00000361. The zero-order chi connectivity index (χ0) is 25.4. The van der Waals surface area contributed by atoms with Crippen LogP contribution in [0.15, 0.2) is 0 Å². The molecule has 0 aromatic rings. The number of carboxylic acids is 1. The van der Waals surface area contributed by atoms with Crippen LogP contribution in [0.25, 0.3) is 0 Å². The molecule has 0 radical (unpaired) electrons. The fourth-order valence-electron chi connectivity index (χ4n) is 9.30. The summed E-state index contributed by atoms with van der Waals surface area (Å²) in [5, 5.41) is 9.23. The van der Waals surface area contributed by atoms with Crippen molar-refractivity contribution in [1.82, 2.24) is 0 Å². The average Bonchev–Trinajstić information content (AvgIpc) is 3.17. The van der Waals surface area contributed by atoms with E-state index in [2.05, 4.69) is 20.8 Å². The molecule has 0 aliphatic heterocycles. The highest BCUT2D eigenvalue weighted by atomic mass is 35.5. The molecule has 0 aromatic heterocycles. The Labute approximate surface area is 219 Å². The van der Waals surface area contributed by atoms with Gasteiger partial charge in [0, 0.05) is 17.8 Å². The third-order valence-electron chi connectivity index (χ3n) is 11.0. The van der Waals surface area contributed by atoms with Crippen LogP contribution in [0.3, 0.4) is 0 Å². The number of hydrogen-bond acceptors (Lipinski definition) is 7. The van der Waals surface area contributed by atoms with Crippen LogP contribution in [0.5, 0.6) is 0 Å². The first-order chi connectivity index (χ1) is 16.7. The minimum absolute atomic E-state index is 0. The van der Waals surface area contributed by atoms with E-state index in [1.807, 2.05) is 0 Å². The van der Waals surface area contributed by atoms with E-state index >= 15 is 0 Å². The number of ether oxygens (including phenoxy) is 3. The van der Waals surface area contributed by atoms with Gasteiger partial charge >= 0.3 is 5.97 Å². The van der Waals surface area contributed by atoms with Gasteiger partial charge in [0.05, 0.1) is 0 Å². The SMILES string of the molecule is C[C@H](CCC(=O)O)[C@H]1CC[C@H]2[C@@H]3C(OC=O)CC4CC(OC=O)CC[C@]4(C)[C@H]3CC(OC=O)[C@]12C.Cl. The highest BCUT2D eigenvalue weighted by Crippen LogP contribution is 2.69. The molecule has 0 spiro atoms. The third-order valence-corrected chi connectivity index (χ3v) is 11.0. The summed E-state index contributed by atoms with van der Waals surface area (Å²) in [6, 6.07) is 0. The fraction of sp³-hybridized carbons (Fsp3) is 0.852. The quantitative estimate of drug-likeness (QED) is 0.327. The second-order valence-corrected chi connectivity index (χ2v) is 12.0. The molecule has 8 nitrogen and oxygen atoms in total. The molecule has 4 aliphatic rings. The minimum Gasteiger partial charge on any atom is -0.481 e. The first-order valence-electron chi connectivity index (χ1n) is 13.2. The monoisotopic (exact) mass is 528 g/mol. The van der Waals surface area contributed by atoms with Gasteiger partial charge in [-0.15, -0.1) is 12.4 Å². The second kappa shape index (κ2) is 11.3. The van der Waals surface area contributed by atoms with Gasteiger partial charge < -0.3 is 19.3 Å². The van der Waals surface area contributed by atoms with Crippen molar-refractivity contribution in [3.8, 4) is 0 Å². The van der Waals surface area contributed by atoms with Crippen LogP contribution in [0.4, 0.5) is 0 Å². The molecule has 4 saturated carbocycles. The van der Waals surface area contributed by atoms with E-state index < -0.39 is 5.97 Å². The zero-order valence-corrected chi connectivity index (χ0v) is 22.3. The number of aliphatic carboxylic acids is 1. The van der Waals surface area contributed by atoms with Gasteiger partial charge in [0.2, 0.25) is 0 Å². The van der Waals surface area contributed by atoms with Crippen molar-refractivity contribution < 1.29 is 38.5 Å². The number of halogens is 1. The van der Waals surface area contributed by atoms with Crippen LogP contribution in [0, 0.1) is 46.3 Å². The molecule has 9 heteroatoms. The van der Waals surface area contributed by atoms with Crippen LogP contribution in [-0.2, 0) is 33.4 Å². The Morgan fingerprint density at radius 3 is 2.31 bits per heavy atom. The maximum absolute atomic E-state index is 11.7. The van der Waals surface area contributed by atoms with Gasteiger partial charge in [-0.3, -0.25) is 19.2 Å². The predicted octanol–water partition coefficient (Wildman–Crippen LogP) is 4.41. The number of carbonyl (C=O) groups is 4. The lowest BCUT2D eigenvalue weighted by Crippen LogP contribution is -2.63. The number of carbonyl (C=O) groups excluding carboxylic acids is 3. The van der Waals surface area contributed by atoms with Crippen molar-refractivity contribution in [3.05, 3.63) is 0 Å². The van der Waals surface area contributed by atoms with Crippen molar-refractivity contribution in [2.45, 2.75) is 96.9 Å². The number of carboxylic acid groups (broad SMARTS) is 1. The summed E-state index contributed by atoms with van der Waals surface area (Å²) in [6.07, 6.45) is 5.98. The lowest BCUT2D eigenvalue weighted by Gasteiger charge is -2.64. The summed E-state index contributed by atoms with van der Waals surface area (Å²) in [4.78, 5) is 45.5. The van der Waals surface area contributed by atoms with Crippen LogP contribution < -0.4 is 0 Å².